The quantitative estimate of drug-likeness (QED) is 0.655. The number of rotatable bonds is 0. The van der Waals surface area contributed by atoms with Gasteiger partial charge in [-0.15, -0.1) is 0 Å². The van der Waals surface area contributed by atoms with Crippen molar-refractivity contribution in [2.24, 2.45) is 28.6 Å². The lowest BCUT2D eigenvalue weighted by atomic mass is 9.46. The smallest absolute Gasteiger partial charge is 0.146 e. The predicted molar refractivity (Wildman–Crippen MR) is 92.5 cm³/mol. The normalized spacial score (nSPS) is 56.8. The fourth-order valence-corrected chi connectivity index (χ4v) is 7.69. The SMILES string of the molecule is CC12CCC3C(CCC45OC4C(O)=C(C#N)CCC35C)C1CCC2O. The molecule has 0 aromatic rings. The fraction of sp³-hybridized carbons (Fsp3) is 0.857. The number of fused-ring (bicyclic) bond motifs is 4. The van der Waals surface area contributed by atoms with Crippen molar-refractivity contribution in [3.63, 3.8) is 0 Å². The minimum Gasteiger partial charge on any atom is -0.508 e. The van der Waals surface area contributed by atoms with E-state index in [1.165, 1.54) is 0 Å². The molecule has 136 valence electrons. The van der Waals surface area contributed by atoms with Crippen molar-refractivity contribution < 1.29 is 14.9 Å². The Labute approximate surface area is 149 Å². The molecular formula is C21H29NO3. The van der Waals surface area contributed by atoms with Crippen molar-refractivity contribution in [1.29, 1.82) is 5.26 Å². The fourth-order valence-electron chi connectivity index (χ4n) is 7.69. The number of nitriles is 1. The first-order valence-electron chi connectivity index (χ1n) is 10.1. The molecule has 25 heavy (non-hydrogen) atoms. The highest BCUT2D eigenvalue weighted by Gasteiger charge is 2.75. The van der Waals surface area contributed by atoms with E-state index in [1.54, 1.807) is 0 Å². The van der Waals surface area contributed by atoms with E-state index in [4.69, 9.17) is 4.74 Å². The van der Waals surface area contributed by atoms with E-state index in [-0.39, 0.29) is 34.4 Å². The molecule has 1 saturated heterocycles. The monoisotopic (exact) mass is 343 g/mol. The molecule has 4 fully saturated rings. The second kappa shape index (κ2) is 4.81. The molecular weight excluding hydrogens is 314 g/mol. The summed E-state index contributed by atoms with van der Waals surface area (Å²) in [6.45, 7) is 4.68. The number of aliphatic hydroxyl groups is 2. The van der Waals surface area contributed by atoms with Gasteiger partial charge in [-0.25, -0.2) is 0 Å². The summed E-state index contributed by atoms with van der Waals surface area (Å²) in [4.78, 5) is 0. The molecule has 0 bridgehead atoms. The van der Waals surface area contributed by atoms with Gasteiger partial charge >= 0.3 is 0 Å². The predicted octanol–water partition coefficient (Wildman–Crippen LogP) is 3.86. The minimum absolute atomic E-state index is 0.0298. The zero-order valence-electron chi connectivity index (χ0n) is 15.3. The first-order valence-corrected chi connectivity index (χ1v) is 10.1. The topological polar surface area (TPSA) is 76.8 Å². The molecule has 1 aliphatic heterocycles. The van der Waals surface area contributed by atoms with Crippen LogP contribution in [-0.4, -0.2) is 28.0 Å². The van der Waals surface area contributed by atoms with Crippen LogP contribution in [0.4, 0.5) is 0 Å². The van der Waals surface area contributed by atoms with Gasteiger partial charge in [0, 0.05) is 5.41 Å². The van der Waals surface area contributed by atoms with Crippen LogP contribution in [0.2, 0.25) is 0 Å². The largest absolute Gasteiger partial charge is 0.508 e. The van der Waals surface area contributed by atoms with Crippen molar-refractivity contribution in [2.75, 3.05) is 0 Å². The van der Waals surface area contributed by atoms with E-state index in [0.717, 1.165) is 44.9 Å². The molecule has 4 heteroatoms. The number of nitrogens with zero attached hydrogens (tertiary/aromatic N) is 1. The third-order valence-corrected chi connectivity index (χ3v) is 9.30. The molecule has 8 unspecified atom stereocenters. The number of hydrogen-bond donors (Lipinski definition) is 2. The summed E-state index contributed by atoms with van der Waals surface area (Å²) in [6, 6.07) is 2.21. The standard InChI is InChI=1S/C21H29NO3/c1-19-8-7-15-13(14(19)3-4-16(19)23)6-10-21-18(25-21)17(24)12(11-22)5-9-20(15,21)2/h13-16,18,23-24H,3-10H2,1-2H3. The van der Waals surface area contributed by atoms with Crippen molar-refractivity contribution in [3.8, 4) is 6.07 Å². The molecule has 8 atom stereocenters. The zero-order chi connectivity index (χ0) is 17.6. The zero-order valence-corrected chi connectivity index (χ0v) is 15.3. The van der Waals surface area contributed by atoms with Crippen LogP contribution < -0.4 is 0 Å². The first-order chi connectivity index (χ1) is 11.9. The molecule has 0 aromatic carbocycles. The molecule has 2 N–H and O–H groups in total. The molecule has 3 saturated carbocycles. The van der Waals surface area contributed by atoms with E-state index in [2.05, 4.69) is 19.9 Å². The van der Waals surface area contributed by atoms with Crippen molar-refractivity contribution in [3.05, 3.63) is 11.3 Å². The Morgan fingerprint density at radius 3 is 2.64 bits per heavy atom. The molecule has 0 amide bonds. The van der Waals surface area contributed by atoms with Crippen LogP contribution >= 0.6 is 0 Å². The second-order valence-electron chi connectivity index (χ2n) is 9.83. The highest BCUT2D eigenvalue weighted by Crippen LogP contribution is 2.72. The lowest BCUT2D eigenvalue weighted by molar-refractivity contribution is -0.118. The minimum atomic E-state index is -0.252. The molecule has 4 nitrogen and oxygen atoms in total. The van der Waals surface area contributed by atoms with E-state index >= 15 is 0 Å². The highest BCUT2D eigenvalue weighted by molar-refractivity contribution is 5.37. The van der Waals surface area contributed by atoms with Crippen LogP contribution in [0.25, 0.3) is 0 Å². The van der Waals surface area contributed by atoms with Crippen LogP contribution in [0, 0.1) is 39.9 Å². The third-order valence-electron chi connectivity index (χ3n) is 9.30. The van der Waals surface area contributed by atoms with Crippen molar-refractivity contribution in [2.45, 2.75) is 83.0 Å². The Hall–Kier alpha value is -1.05. The highest BCUT2D eigenvalue weighted by atomic mass is 16.6. The van der Waals surface area contributed by atoms with Crippen molar-refractivity contribution >= 4 is 0 Å². The number of ether oxygens (including phenoxy) is 1. The number of epoxide rings is 1. The van der Waals surface area contributed by atoms with Gasteiger partial charge in [-0.1, -0.05) is 13.8 Å². The third kappa shape index (κ3) is 1.75. The van der Waals surface area contributed by atoms with E-state index in [0.29, 0.717) is 29.7 Å². The lowest BCUT2D eigenvalue weighted by Crippen LogP contribution is -2.56. The Morgan fingerprint density at radius 2 is 1.88 bits per heavy atom. The van der Waals surface area contributed by atoms with Crippen LogP contribution in [0.3, 0.4) is 0 Å². The van der Waals surface area contributed by atoms with Gasteiger partial charge in [0.2, 0.25) is 0 Å². The van der Waals surface area contributed by atoms with Gasteiger partial charge in [0.05, 0.1) is 17.7 Å². The summed E-state index contributed by atoms with van der Waals surface area (Å²) in [6.07, 6.45) is 7.69. The van der Waals surface area contributed by atoms with Gasteiger partial charge in [-0.2, -0.15) is 5.26 Å². The molecule has 0 aromatic heterocycles. The first kappa shape index (κ1) is 16.1. The summed E-state index contributed by atoms with van der Waals surface area (Å²) >= 11 is 0. The van der Waals surface area contributed by atoms with Gasteiger partial charge in [0.25, 0.3) is 0 Å². The van der Waals surface area contributed by atoms with Crippen LogP contribution in [0.15, 0.2) is 11.3 Å². The number of aliphatic hydroxyl groups excluding tert-OH is 2. The molecule has 1 heterocycles. The molecule has 5 aliphatic rings. The van der Waals surface area contributed by atoms with Gasteiger partial charge < -0.3 is 14.9 Å². The van der Waals surface area contributed by atoms with Crippen LogP contribution in [0.1, 0.15) is 65.2 Å². The van der Waals surface area contributed by atoms with Crippen molar-refractivity contribution in [1.82, 2.24) is 0 Å². The summed E-state index contributed by atoms with van der Waals surface area (Å²) in [5, 5.41) is 30.5. The van der Waals surface area contributed by atoms with Crippen LogP contribution in [-0.2, 0) is 4.74 Å². The average molecular weight is 343 g/mol. The maximum absolute atomic E-state index is 10.6. The van der Waals surface area contributed by atoms with Crippen LogP contribution in [0.5, 0.6) is 0 Å². The Balaban J connectivity index is 1.52. The molecule has 0 radical (unpaired) electrons. The summed E-state index contributed by atoms with van der Waals surface area (Å²) in [5.41, 5.74) is 0.407. The molecule has 4 aliphatic carbocycles. The second-order valence-corrected chi connectivity index (χ2v) is 9.83. The number of hydrogen-bond acceptors (Lipinski definition) is 4. The lowest BCUT2D eigenvalue weighted by Gasteiger charge is -2.58. The summed E-state index contributed by atoms with van der Waals surface area (Å²) < 4.78 is 6.19. The van der Waals surface area contributed by atoms with Gasteiger partial charge in [0.15, 0.2) is 0 Å². The Morgan fingerprint density at radius 1 is 1.08 bits per heavy atom. The summed E-state index contributed by atoms with van der Waals surface area (Å²) in [5.74, 6) is 2.07. The number of allylic oxidation sites excluding steroid dienone is 1. The van der Waals surface area contributed by atoms with Gasteiger partial charge in [-0.05, 0) is 74.5 Å². The Kier molecular flexibility index (Phi) is 3.11. The van der Waals surface area contributed by atoms with E-state index < -0.39 is 0 Å². The van der Waals surface area contributed by atoms with E-state index in [9.17, 15) is 15.5 Å². The van der Waals surface area contributed by atoms with Gasteiger partial charge in [-0.3, -0.25) is 0 Å². The maximum atomic E-state index is 10.6. The summed E-state index contributed by atoms with van der Waals surface area (Å²) in [7, 11) is 0. The molecule has 1 spiro atoms. The van der Waals surface area contributed by atoms with Gasteiger partial charge in [0.1, 0.15) is 17.5 Å². The van der Waals surface area contributed by atoms with E-state index in [1.807, 2.05) is 0 Å². The average Bonchev–Trinajstić information content (AvgIpc) is 3.26. The molecule has 5 rings (SSSR count). The maximum Gasteiger partial charge on any atom is 0.146 e. The Bertz CT molecular complexity index is 696.